The van der Waals surface area contributed by atoms with Gasteiger partial charge in [0.25, 0.3) is 11.9 Å². The van der Waals surface area contributed by atoms with E-state index in [4.69, 9.17) is 9.40 Å². The van der Waals surface area contributed by atoms with Crippen LogP contribution >= 0.6 is 11.3 Å². The van der Waals surface area contributed by atoms with Crippen LogP contribution in [0.5, 0.6) is 0 Å². The highest BCUT2D eigenvalue weighted by molar-refractivity contribution is 7.13. The highest BCUT2D eigenvalue weighted by Crippen LogP contribution is 2.38. The Morgan fingerprint density at radius 3 is 2.52 bits per heavy atom. The van der Waals surface area contributed by atoms with Crippen LogP contribution < -0.4 is 4.90 Å². The fourth-order valence-corrected chi connectivity index (χ4v) is 6.13. The molecule has 2 unspecified atom stereocenters. The van der Waals surface area contributed by atoms with Crippen molar-refractivity contribution < 1.29 is 19.1 Å². The Labute approximate surface area is 194 Å². The molecule has 3 fully saturated rings. The number of aromatic nitrogens is 2. The summed E-state index contributed by atoms with van der Waals surface area (Å²) in [4.78, 5) is 39.8. The molecule has 1 aromatic carbocycles. The van der Waals surface area contributed by atoms with Crippen LogP contribution in [0.3, 0.4) is 0 Å². The van der Waals surface area contributed by atoms with Crippen LogP contribution in [0.1, 0.15) is 42.5 Å². The Hall–Kier alpha value is -3.14. The van der Waals surface area contributed by atoms with Gasteiger partial charge in [0.05, 0.1) is 23.2 Å². The molecule has 3 aliphatic rings. The summed E-state index contributed by atoms with van der Waals surface area (Å²) in [5.74, 6) is -0.0130. The summed E-state index contributed by atoms with van der Waals surface area (Å²) in [6.07, 6.45) is 5.77. The van der Waals surface area contributed by atoms with Crippen molar-refractivity contribution in [3.8, 4) is 10.6 Å². The molecule has 1 N–H and O–H groups in total. The smallest absolute Gasteiger partial charge is 0.407 e. The van der Waals surface area contributed by atoms with Crippen molar-refractivity contribution in [2.45, 2.75) is 44.2 Å². The lowest BCUT2D eigenvalue weighted by atomic mass is 10.1. The minimum atomic E-state index is -0.861. The van der Waals surface area contributed by atoms with E-state index in [1.54, 1.807) is 11.1 Å². The Morgan fingerprint density at radius 1 is 1.09 bits per heavy atom. The average molecular weight is 468 g/mol. The summed E-state index contributed by atoms with van der Waals surface area (Å²) in [5, 5.41) is 12.3. The first kappa shape index (κ1) is 20.5. The predicted octanol–water partition coefficient (Wildman–Crippen LogP) is 3.91. The van der Waals surface area contributed by atoms with Crippen molar-refractivity contribution in [2.75, 3.05) is 31.1 Å². The zero-order chi connectivity index (χ0) is 22.5. The summed E-state index contributed by atoms with van der Waals surface area (Å²) in [6.45, 7) is 2.61. The Morgan fingerprint density at radius 2 is 1.85 bits per heavy atom. The van der Waals surface area contributed by atoms with Crippen LogP contribution in [-0.2, 0) is 0 Å². The van der Waals surface area contributed by atoms with Crippen LogP contribution in [0.2, 0.25) is 0 Å². The second-order valence-corrected chi connectivity index (χ2v) is 9.90. The Bertz CT molecular complexity index is 1190. The number of carboxylic acid groups (broad SMARTS) is 1. The maximum absolute atomic E-state index is 13.4. The first-order valence-corrected chi connectivity index (χ1v) is 12.4. The molecule has 3 aromatic rings. The van der Waals surface area contributed by atoms with Gasteiger partial charge in [-0.1, -0.05) is 0 Å². The molecule has 3 saturated heterocycles. The number of piperazine rings is 1. The molecule has 33 heavy (non-hydrogen) atoms. The molecule has 5 heterocycles. The highest BCUT2D eigenvalue weighted by Gasteiger charge is 2.44. The Kier molecular flexibility index (Phi) is 4.97. The quantitative estimate of drug-likeness (QED) is 0.623. The normalized spacial score (nSPS) is 22.8. The number of hydrogen-bond acceptors (Lipinski definition) is 7. The van der Waals surface area contributed by atoms with E-state index in [0.29, 0.717) is 35.8 Å². The van der Waals surface area contributed by atoms with E-state index in [1.807, 2.05) is 27.3 Å². The molecular formula is C23H25N5O4S. The molecule has 0 spiro atoms. The van der Waals surface area contributed by atoms with Gasteiger partial charge < -0.3 is 19.3 Å². The summed E-state index contributed by atoms with van der Waals surface area (Å²) in [6, 6.07) is 4.06. The van der Waals surface area contributed by atoms with Gasteiger partial charge in [-0.15, -0.1) is 11.3 Å². The van der Waals surface area contributed by atoms with Gasteiger partial charge in [0.15, 0.2) is 5.58 Å². The van der Waals surface area contributed by atoms with Gasteiger partial charge in [-0.05, 0) is 44.2 Å². The van der Waals surface area contributed by atoms with Gasteiger partial charge >= 0.3 is 6.09 Å². The van der Waals surface area contributed by atoms with E-state index in [2.05, 4.69) is 4.98 Å². The molecule has 2 amide bonds. The maximum atomic E-state index is 13.4. The maximum Gasteiger partial charge on any atom is 0.407 e. The van der Waals surface area contributed by atoms with Crippen molar-refractivity contribution in [3.05, 3.63) is 29.3 Å². The lowest BCUT2D eigenvalue weighted by molar-refractivity contribution is 0.0726. The topological polar surface area (TPSA) is 103 Å². The third kappa shape index (κ3) is 3.43. The van der Waals surface area contributed by atoms with Gasteiger partial charge in [0, 0.05) is 37.8 Å². The van der Waals surface area contributed by atoms with Gasteiger partial charge in [-0.3, -0.25) is 9.69 Å². The monoisotopic (exact) mass is 467 g/mol. The number of oxazole rings is 1. The van der Waals surface area contributed by atoms with Crippen LogP contribution in [0, 0.1) is 0 Å². The highest BCUT2D eigenvalue weighted by atomic mass is 32.1. The van der Waals surface area contributed by atoms with Crippen molar-refractivity contribution >= 4 is 40.5 Å². The first-order valence-electron chi connectivity index (χ1n) is 11.5. The zero-order valence-corrected chi connectivity index (χ0v) is 19.0. The van der Waals surface area contributed by atoms with Gasteiger partial charge in [-0.25, -0.2) is 9.78 Å². The van der Waals surface area contributed by atoms with Crippen molar-refractivity contribution in [2.24, 2.45) is 0 Å². The fraction of sp³-hybridized carbons (Fsp3) is 0.478. The summed E-state index contributed by atoms with van der Waals surface area (Å²) in [5.41, 5.74) is 2.49. The van der Waals surface area contributed by atoms with Crippen molar-refractivity contribution in [1.29, 1.82) is 0 Å². The average Bonchev–Trinajstić information content (AvgIpc) is 3.57. The second-order valence-electron chi connectivity index (χ2n) is 9.00. The molecule has 172 valence electrons. The molecule has 0 radical (unpaired) electrons. The molecule has 9 nitrogen and oxygen atoms in total. The lowest BCUT2D eigenvalue weighted by Gasteiger charge is -2.38. The summed E-state index contributed by atoms with van der Waals surface area (Å²) >= 11 is 1.51. The minimum absolute atomic E-state index is 0.0130. The SMILES string of the molecule is O=C(c1ccc(-c2nccs2)c2oc(N3CC4CCC(C3)N4C(=O)O)nc12)N1CCCCC1. The molecular weight excluding hydrogens is 442 g/mol. The largest absolute Gasteiger partial charge is 0.465 e. The summed E-state index contributed by atoms with van der Waals surface area (Å²) < 4.78 is 6.31. The molecule has 2 aromatic heterocycles. The summed E-state index contributed by atoms with van der Waals surface area (Å²) in [7, 11) is 0. The number of fused-ring (bicyclic) bond motifs is 3. The molecule has 6 rings (SSSR count). The number of benzene rings is 1. The van der Waals surface area contributed by atoms with E-state index in [0.717, 1.165) is 55.8 Å². The molecule has 0 saturated carbocycles. The number of piperidine rings is 1. The van der Waals surface area contributed by atoms with Crippen LogP contribution in [-0.4, -0.2) is 75.1 Å². The number of hydrogen-bond donors (Lipinski definition) is 1. The number of thiazole rings is 1. The molecule has 2 atom stereocenters. The lowest BCUT2D eigenvalue weighted by Crippen LogP contribution is -2.55. The molecule has 0 aliphatic carbocycles. The predicted molar refractivity (Wildman–Crippen MR) is 124 cm³/mol. The Balaban J connectivity index is 1.41. The third-order valence-corrected chi connectivity index (χ3v) is 7.85. The van der Waals surface area contributed by atoms with Crippen molar-refractivity contribution in [3.63, 3.8) is 0 Å². The van der Waals surface area contributed by atoms with E-state index in [9.17, 15) is 14.7 Å². The van der Waals surface area contributed by atoms with E-state index < -0.39 is 6.09 Å². The number of amides is 2. The van der Waals surface area contributed by atoms with Gasteiger partial charge in [0.1, 0.15) is 10.5 Å². The minimum Gasteiger partial charge on any atom is -0.465 e. The number of likely N-dealkylation sites (tertiary alicyclic amines) is 1. The van der Waals surface area contributed by atoms with Crippen LogP contribution in [0.25, 0.3) is 21.7 Å². The molecule has 2 bridgehead atoms. The number of anilines is 1. The zero-order valence-electron chi connectivity index (χ0n) is 18.1. The first-order chi connectivity index (χ1) is 16.1. The van der Waals surface area contributed by atoms with Gasteiger partial charge in [-0.2, -0.15) is 4.98 Å². The third-order valence-electron chi connectivity index (χ3n) is 7.04. The molecule has 3 aliphatic heterocycles. The number of carbonyl (C=O) groups excluding carboxylic acids is 1. The molecule has 10 heteroatoms. The van der Waals surface area contributed by atoms with Crippen molar-refractivity contribution in [1.82, 2.24) is 19.8 Å². The number of carbonyl (C=O) groups is 2. The van der Waals surface area contributed by atoms with E-state index in [-0.39, 0.29) is 18.0 Å². The van der Waals surface area contributed by atoms with Gasteiger partial charge in [0.2, 0.25) is 0 Å². The van der Waals surface area contributed by atoms with E-state index in [1.165, 1.54) is 11.3 Å². The number of rotatable bonds is 3. The fourth-order valence-electron chi connectivity index (χ4n) is 5.47. The van der Waals surface area contributed by atoms with E-state index >= 15 is 0 Å². The van der Waals surface area contributed by atoms with Crippen LogP contribution in [0.4, 0.5) is 10.8 Å². The van der Waals surface area contributed by atoms with Crippen LogP contribution in [0.15, 0.2) is 28.1 Å². The number of nitrogens with zero attached hydrogens (tertiary/aromatic N) is 5. The standard InChI is InChI=1S/C23H25N5O4S/c29-21(26-9-2-1-3-10-26)16-6-7-17(20-24-8-11-33-20)19-18(16)25-22(32-19)27-12-14-4-5-15(13-27)28(14)23(30)31/h6-8,11,14-15H,1-5,9-10,12-13H2,(H,30,31). The second kappa shape index (κ2) is 8.02.